The summed E-state index contributed by atoms with van der Waals surface area (Å²) in [6.45, 7) is 1.17. The van der Waals surface area contributed by atoms with Crippen LogP contribution in [0.1, 0.15) is 28.8 Å². The highest BCUT2D eigenvalue weighted by Gasteiger charge is 2.38. The van der Waals surface area contributed by atoms with Crippen LogP contribution in [0, 0.1) is 0 Å². The number of fused-ring (bicyclic) bond motifs is 2. The lowest BCUT2D eigenvalue weighted by Crippen LogP contribution is -2.63. The molecule has 3 atom stereocenters. The van der Waals surface area contributed by atoms with Gasteiger partial charge in [-0.2, -0.15) is 0 Å². The Hall–Kier alpha value is -5.04. The van der Waals surface area contributed by atoms with E-state index in [0.717, 1.165) is 37.7 Å². The highest BCUT2D eigenvalue weighted by Crippen LogP contribution is 2.23. The Balaban J connectivity index is 1.30. The van der Waals surface area contributed by atoms with Gasteiger partial charge >= 0.3 is 0 Å². The van der Waals surface area contributed by atoms with Gasteiger partial charge in [0.2, 0.25) is 23.6 Å². The molecule has 4 amide bonds. The summed E-state index contributed by atoms with van der Waals surface area (Å²) < 4.78 is 0. The Morgan fingerprint density at radius 1 is 0.735 bits per heavy atom. The molecule has 1 fully saturated rings. The number of thiophene rings is 1. The molecule has 1 aliphatic heterocycles. The van der Waals surface area contributed by atoms with E-state index in [1.165, 1.54) is 11.3 Å². The van der Waals surface area contributed by atoms with Crippen LogP contribution in [0.15, 0.2) is 90.4 Å². The van der Waals surface area contributed by atoms with Gasteiger partial charge < -0.3 is 37.7 Å². The number of carbonyl (C=O) groups is 4. The molecule has 49 heavy (non-hydrogen) atoms. The largest absolute Gasteiger partial charge is 0.368 e. The van der Waals surface area contributed by atoms with Gasteiger partial charge in [0.25, 0.3) is 0 Å². The van der Waals surface area contributed by atoms with Crippen LogP contribution in [0.4, 0.5) is 0 Å². The quantitative estimate of drug-likeness (QED) is 0.100. The summed E-state index contributed by atoms with van der Waals surface area (Å²) >= 11 is 1.46. The third kappa shape index (κ3) is 7.99. The number of benzene rings is 3. The maximum absolute atomic E-state index is 14.3. The fraction of sp³-hybridized carbons (Fsp3) is 0.297. The normalized spacial score (nSPS) is 16.0. The van der Waals surface area contributed by atoms with Crippen molar-refractivity contribution >= 4 is 56.6 Å². The first-order valence-electron chi connectivity index (χ1n) is 16.4. The lowest BCUT2D eigenvalue weighted by Gasteiger charge is -2.34. The fourth-order valence-electron chi connectivity index (χ4n) is 6.43. The number of piperidine rings is 1. The Bertz CT molecular complexity index is 1950. The zero-order valence-corrected chi connectivity index (χ0v) is 27.9. The van der Waals surface area contributed by atoms with E-state index in [1.54, 1.807) is 6.20 Å². The van der Waals surface area contributed by atoms with Crippen LogP contribution in [-0.2, 0) is 38.4 Å². The minimum Gasteiger partial charge on any atom is -0.368 e. The Morgan fingerprint density at radius 3 is 2.12 bits per heavy atom. The molecule has 0 aliphatic carbocycles. The first-order chi connectivity index (χ1) is 23.7. The highest BCUT2D eigenvalue weighted by atomic mass is 32.1. The first kappa shape index (κ1) is 33.8. The van der Waals surface area contributed by atoms with Gasteiger partial charge in [-0.1, -0.05) is 66.7 Å². The van der Waals surface area contributed by atoms with E-state index in [1.807, 2.05) is 84.2 Å². The van der Waals surface area contributed by atoms with Crippen molar-refractivity contribution in [2.45, 2.75) is 55.8 Å². The summed E-state index contributed by atoms with van der Waals surface area (Å²) in [6.07, 6.45) is 3.15. The number of H-pyrrole nitrogens is 1. The SMILES string of the molecule is NC(=O)[C@H](Cc1cccs1)NC(=O)[C@@H](Cc1c[nH]c2ccccc12)NC(=O)[C@@H](Cc1cccc2ccccc12)NC(=O)C1(N)CCNCC1. The monoisotopic (exact) mass is 679 g/mol. The average Bonchev–Trinajstić information content (AvgIpc) is 3.78. The predicted octanol–water partition coefficient (Wildman–Crippen LogP) is 2.43. The maximum Gasteiger partial charge on any atom is 0.243 e. The summed E-state index contributed by atoms with van der Waals surface area (Å²) in [6, 6.07) is 21.9. The zero-order chi connectivity index (χ0) is 34.4. The van der Waals surface area contributed by atoms with E-state index in [4.69, 9.17) is 11.5 Å². The minimum atomic E-state index is -1.14. The standard InChI is InChI=1S/C37H41N7O4S/c38-33(45)30(21-26-10-6-18-49-26)42-34(46)31(20-25-22-41-29-13-4-3-12-28(25)29)43-35(47)32(44-36(48)37(39)14-16-40-17-15-37)19-24-9-5-8-23-7-1-2-11-27(23)24/h1-13,18,22,30-32,40-41H,14-17,19-21,39H2,(H2,38,45)(H,42,46)(H,43,47)(H,44,48)/t30-,31+,32+/m0/s1. The van der Waals surface area contributed by atoms with Gasteiger partial charge in [-0.25, -0.2) is 0 Å². The number of aromatic amines is 1. The molecule has 0 bridgehead atoms. The van der Waals surface area contributed by atoms with Crippen molar-refractivity contribution in [3.8, 4) is 0 Å². The van der Waals surface area contributed by atoms with Gasteiger partial charge in [0.05, 0.1) is 5.54 Å². The molecule has 5 aromatic rings. The minimum absolute atomic E-state index is 0.119. The molecule has 2 aromatic heterocycles. The van der Waals surface area contributed by atoms with Crippen molar-refractivity contribution in [1.29, 1.82) is 0 Å². The molecule has 3 aromatic carbocycles. The maximum atomic E-state index is 14.3. The van der Waals surface area contributed by atoms with E-state index >= 15 is 0 Å². The summed E-state index contributed by atoms with van der Waals surface area (Å²) in [5.74, 6) is -2.22. The molecule has 1 saturated heterocycles. The van der Waals surface area contributed by atoms with Crippen molar-refractivity contribution in [2.75, 3.05) is 13.1 Å². The van der Waals surface area contributed by atoms with E-state index in [2.05, 4.69) is 26.3 Å². The molecule has 9 N–H and O–H groups in total. The number of carbonyl (C=O) groups excluding carboxylic acids is 4. The van der Waals surface area contributed by atoms with Crippen LogP contribution in [0.25, 0.3) is 21.7 Å². The molecule has 0 radical (unpaired) electrons. The Labute approximate surface area is 288 Å². The van der Waals surface area contributed by atoms with Crippen molar-refractivity contribution in [2.24, 2.45) is 11.5 Å². The summed E-state index contributed by atoms with van der Waals surface area (Å²) in [7, 11) is 0. The average molecular weight is 680 g/mol. The fourth-order valence-corrected chi connectivity index (χ4v) is 7.18. The van der Waals surface area contributed by atoms with E-state index in [0.29, 0.717) is 25.9 Å². The molecule has 12 heteroatoms. The summed E-state index contributed by atoms with van der Waals surface area (Å²) in [5.41, 5.74) is 13.7. The second-order valence-corrected chi connectivity index (χ2v) is 13.7. The number of hydrogen-bond donors (Lipinski definition) is 7. The van der Waals surface area contributed by atoms with Crippen LogP contribution < -0.4 is 32.7 Å². The van der Waals surface area contributed by atoms with Gasteiger partial charge in [0.1, 0.15) is 18.1 Å². The van der Waals surface area contributed by atoms with Crippen LogP contribution in [0.2, 0.25) is 0 Å². The van der Waals surface area contributed by atoms with Crippen molar-refractivity contribution in [3.05, 3.63) is 106 Å². The van der Waals surface area contributed by atoms with Crippen LogP contribution in [-0.4, -0.2) is 65.4 Å². The molecule has 6 rings (SSSR count). The second kappa shape index (κ2) is 15.0. The molecule has 1 aliphatic rings. The molecular formula is C37H41N7O4S. The van der Waals surface area contributed by atoms with E-state index in [9.17, 15) is 19.2 Å². The number of nitrogens with one attached hydrogen (secondary N) is 5. The lowest BCUT2D eigenvalue weighted by molar-refractivity contribution is -0.134. The van der Waals surface area contributed by atoms with Gasteiger partial charge in [0.15, 0.2) is 0 Å². The third-order valence-electron chi connectivity index (χ3n) is 9.25. The van der Waals surface area contributed by atoms with Gasteiger partial charge in [0, 0.05) is 41.2 Å². The van der Waals surface area contributed by atoms with E-state index in [-0.39, 0.29) is 19.3 Å². The number of amides is 4. The zero-order valence-electron chi connectivity index (χ0n) is 27.0. The molecule has 3 heterocycles. The van der Waals surface area contributed by atoms with Crippen molar-refractivity contribution < 1.29 is 19.2 Å². The third-order valence-corrected chi connectivity index (χ3v) is 10.1. The van der Waals surface area contributed by atoms with E-state index < -0.39 is 47.3 Å². The molecule has 11 nitrogen and oxygen atoms in total. The second-order valence-electron chi connectivity index (χ2n) is 12.6. The Kier molecular flexibility index (Phi) is 10.4. The smallest absolute Gasteiger partial charge is 0.243 e. The molecule has 254 valence electrons. The molecule has 0 spiro atoms. The molecular weight excluding hydrogens is 639 g/mol. The number of nitrogens with two attached hydrogens (primary N) is 2. The Morgan fingerprint density at radius 2 is 1.39 bits per heavy atom. The lowest BCUT2D eigenvalue weighted by atomic mass is 9.88. The highest BCUT2D eigenvalue weighted by molar-refractivity contribution is 7.09. The van der Waals surface area contributed by atoms with Crippen LogP contribution >= 0.6 is 11.3 Å². The number of primary amides is 1. The van der Waals surface area contributed by atoms with Gasteiger partial charge in [-0.15, -0.1) is 11.3 Å². The molecule has 0 unspecified atom stereocenters. The topological polar surface area (TPSA) is 184 Å². The van der Waals surface area contributed by atoms with Crippen LogP contribution in [0.5, 0.6) is 0 Å². The van der Waals surface area contributed by atoms with Crippen molar-refractivity contribution in [1.82, 2.24) is 26.3 Å². The number of hydrogen-bond acceptors (Lipinski definition) is 7. The van der Waals surface area contributed by atoms with Gasteiger partial charge in [-0.3, -0.25) is 19.2 Å². The number of aromatic nitrogens is 1. The first-order valence-corrected chi connectivity index (χ1v) is 17.3. The summed E-state index contributed by atoms with van der Waals surface area (Å²) in [4.78, 5) is 58.6. The predicted molar refractivity (Wildman–Crippen MR) is 192 cm³/mol. The van der Waals surface area contributed by atoms with Crippen LogP contribution in [0.3, 0.4) is 0 Å². The number of para-hydroxylation sites is 1. The molecule has 0 saturated carbocycles. The summed E-state index contributed by atoms with van der Waals surface area (Å²) in [5, 5.41) is 16.6. The van der Waals surface area contributed by atoms with Gasteiger partial charge in [-0.05, 0) is 65.3 Å². The van der Waals surface area contributed by atoms with Crippen molar-refractivity contribution in [3.63, 3.8) is 0 Å². The number of rotatable bonds is 13.